The Morgan fingerprint density at radius 3 is 2.50 bits per heavy atom. The summed E-state index contributed by atoms with van der Waals surface area (Å²) in [6.45, 7) is 5.50. The number of aryl methyl sites for hydroxylation is 1. The highest BCUT2D eigenvalue weighted by Crippen LogP contribution is 2.44. The third-order valence-electron chi connectivity index (χ3n) is 4.13. The highest BCUT2D eigenvalue weighted by Gasteiger charge is 2.42. The molecule has 0 spiro atoms. The van der Waals surface area contributed by atoms with Crippen LogP contribution in [0.15, 0.2) is 24.3 Å². The van der Waals surface area contributed by atoms with E-state index in [0.29, 0.717) is 13.1 Å². The number of carbonyl (C=O) groups is 1. The summed E-state index contributed by atoms with van der Waals surface area (Å²) in [5.41, 5.74) is 2.43. The number of hydrogen-bond acceptors (Lipinski definition) is 2. The molecule has 4 heteroatoms. The molecule has 0 aliphatic heterocycles. The molecule has 1 saturated carbocycles. The zero-order valence-electron chi connectivity index (χ0n) is 12.3. The fourth-order valence-corrected chi connectivity index (χ4v) is 2.16. The Kier molecular flexibility index (Phi) is 4.65. The van der Waals surface area contributed by atoms with Gasteiger partial charge in [0, 0.05) is 18.5 Å². The third-order valence-corrected chi connectivity index (χ3v) is 4.13. The van der Waals surface area contributed by atoms with Crippen LogP contribution in [0, 0.1) is 12.3 Å². The Morgan fingerprint density at radius 1 is 1.30 bits per heavy atom. The molecule has 1 aromatic rings. The van der Waals surface area contributed by atoms with E-state index in [1.54, 1.807) is 0 Å². The number of nitrogens with one attached hydrogen (secondary N) is 2. The fourth-order valence-electron chi connectivity index (χ4n) is 2.16. The summed E-state index contributed by atoms with van der Waals surface area (Å²) in [5, 5.41) is 14.9. The molecule has 0 saturated heterocycles. The Balaban J connectivity index is 1.71. The lowest BCUT2D eigenvalue weighted by Crippen LogP contribution is -2.40. The molecule has 1 aliphatic rings. The molecule has 0 bridgehead atoms. The Labute approximate surface area is 120 Å². The lowest BCUT2D eigenvalue weighted by atomic mass is 10.0. The Hall–Kier alpha value is -1.55. The summed E-state index contributed by atoms with van der Waals surface area (Å²) < 4.78 is 0. The van der Waals surface area contributed by atoms with Crippen molar-refractivity contribution in [3.63, 3.8) is 0 Å². The molecular formula is C16H24N2O2. The van der Waals surface area contributed by atoms with Gasteiger partial charge >= 0.3 is 6.03 Å². The predicted molar refractivity (Wildman–Crippen MR) is 79.7 cm³/mol. The monoisotopic (exact) mass is 276 g/mol. The van der Waals surface area contributed by atoms with E-state index in [0.717, 1.165) is 12.8 Å². The van der Waals surface area contributed by atoms with Gasteiger partial charge in [-0.1, -0.05) is 36.8 Å². The van der Waals surface area contributed by atoms with E-state index in [1.807, 2.05) is 0 Å². The number of amides is 2. The minimum absolute atomic E-state index is 0.0418. The topological polar surface area (TPSA) is 61.4 Å². The van der Waals surface area contributed by atoms with Crippen LogP contribution in [0.3, 0.4) is 0 Å². The second kappa shape index (κ2) is 6.27. The molecule has 0 radical (unpaired) electrons. The van der Waals surface area contributed by atoms with Gasteiger partial charge in [-0.2, -0.15) is 0 Å². The number of hydrogen-bond donors (Lipinski definition) is 3. The van der Waals surface area contributed by atoms with Crippen molar-refractivity contribution < 1.29 is 9.90 Å². The van der Waals surface area contributed by atoms with Crippen LogP contribution < -0.4 is 10.6 Å². The Morgan fingerprint density at radius 2 is 1.95 bits per heavy atom. The van der Waals surface area contributed by atoms with Crippen LogP contribution in [-0.4, -0.2) is 30.8 Å². The van der Waals surface area contributed by atoms with Gasteiger partial charge in [0.15, 0.2) is 0 Å². The highest BCUT2D eigenvalue weighted by atomic mass is 16.3. The molecule has 2 amide bonds. The third kappa shape index (κ3) is 3.97. The SMILES string of the molecule is Cc1ccc(C(C)CNC(=O)NCC2(CO)CC2)cc1. The molecule has 1 atom stereocenters. The van der Waals surface area contributed by atoms with Crippen molar-refractivity contribution in [3.05, 3.63) is 35.4 Å². The van der Waals surface area contributed by atoms with E-state index in [2.05, 4.69) is 48.7 Å². The summed E-state index contributed by atoms with van der Waals surface area (Å²) in [5.74, 6) is 0.286. The van der Waals surface area contributed by atoms with Gasteiger partial charge in [-0.15, -0.1) is 0 Å². The quantitative estimate of drug-likeness (QED) is 0.745. The summed E-state index contributed by atoms with van der Waals surface area (Å²) in [7, 11) is 0. The van der Waals surface area contributed by atoms with Crippen molar-refractivity contribution in [2.75, 3.05) is 19.7 Å². The van der Waals surface area contributed by atoms with E-state index < -0.39 is 0 Å². The molecular weight excluding hydrogens is 252 g/mol. The summed E-state index contributed by atoms with van der Waals surface area (Å²) in [4.78, 5) is 11.7. The van der Waals surface area contributed by atoms with Crippen molar-refractivity contribution in [1.29, 1.82) is 0 Å². The summed E-state index contributed by atoms with van der Waals surface area (Å²) in [6.07, 6.45) is 2.01. The van der Waals surface area contributed by atoms with Crippen LogP contribution in [-0.2, 0) is 0 Å². The lowest BCUT2D eigenvalue weighted by Gasteiger charge is -2.16. The van der Waals surface area contributed by atoms with Crippen molar-refractivity contribution in [1.82, 2.24) is 10.6 Å². The molecule has 2 rings (SSSR count). The van der Waals surface area contributed by atoms with Gasteiger partial charge < -0.3 is 15.7 Å². The lowest BCUT2D eigenvalue weighted by molar-refractivity contribution is 0.203. The Bertz CT molecular complexity index is 452. The van der Waals surface area contributed by atoms with Gasteiger partial charge in [-0.25, -0.2) is 4.79 Å². The molecule has 20 heavy (non-hydrogen) atoms. The number of aliphatic hydroxyl groups is 1. The van der Waals surface area contributed by atoms with E-state index in [9.17, 15) is 9.90 Å². The van der Waals surface area contributed by atoms with Crippen molar-refractivity contribution >= 4 is 6.03 Å². The van der Waals surface area contributed by atoms with E-state index in [4.69, 9.17) is 0 Å². The van der Waals surface area contributed by atoms with Crippen LogP contribution in [0.1, 0.15) is 36.8 Å². The minimum atomic E-state index is -0.149. The first-order chi connectivity index (χ1) is 9.54. The normalized spacial score (nSPS) is 17.4. The first-order valence-electron chi connectivity index (χ1n) is 7.24. The van der Waals surface area contributed by atoms with E-state index >= 15 is 0 Å². The molecule has 110 valence electrons. The maximum atomic E-state index is 11.7. The van der Waals surface area contributed by atoms with Crippen LogP contribution in [0.5, 0.6) is 0 Å². The van der Waals surface area contributed by atoms with Crippen molar-refractivity contribution in [2.45, 2.75) is 32.6 Å². The summed E-state index contributed by atoms with van der Waals surface area (Å²) in [6, 6.07) is 8.23. The van der Waals surface area contributed by atoms with Crippen LogP contribution in [0.4, 0.5) is 4.79 Å². The highest BCUT2D eigenvalue weighted by molar-refractivity contribution is 5.74. The van der Waals surface area contributed by atoms with Crippen LogP contribution in [0.25, 0.3) is 0 Å². The van der Waals surface area contributed by atoms with Crippen molar-refractivity contribution in [2.24, 2.45) is 5.41 Å². The maximum absolute atomic E-state index is 11.7. The number of aliphatic hydroxyl groups excluding tert-OH is 1. The zero-order valence-corrected chi connectivity index (χ0v) is 12.3. The first kappa shape index (κ1) is 14.9. The molecule has 4 nitrogen and oxygen atoms in total. The van der Waals surface area contributed by atoms with Crippen LogP contribution >= 0.6 is 0 Å². The zero-order chi connectivity index (χ0) is 14.6. The first-order valence-corrected chi connectivity index (χ1v) is 7.24. The van der Waals surface area contributed by atoms with E-state index in [1.165, 1.54) is 11.1 Å². The molecule has 1 aliphatic carbocycles. The van der Waals surface area contributed by atoms with Crippen molar-refractivity contribution in [3.8, 4) is 0 Å². The van der Waals surface area contributed by atoms with E-state index in [-0.39, 0.29) is 24.0 Å². The largest absolute Gasteiger partial charge is 0.396 e. The number of rotatable bonds is 6. The molecule has 0 heterocycles. The second-order valence-corrected chi connectivity index (χ2v) is 6.03. The van der Waals surface area contributed by atoms with Crippen LogP contribution in [0.2, 0.25) is 0 Å². The number of carbonyl (C=O) groups excluding carboxylic acids is 1. The maximum Gasteiger partial charge on any atom is 0.314 e. The molecule has 0 aromatic heterocycles. The van der Waals surface area contributed by atoms with Gasteiger partial charge in [-0.05, 0) is 31.2 Å². The molecule has 1 aromatic carbocycles. The van der Waals surface area contributed by atoms with Gasteiger partial charge in [0.2, 0.25) is 0 Å². The summed E-state index contributed by atoms with van der Waals surface area (Å²) >= 11 is 0. The molecule has 1 unspecified atom stereocenters. The number of benzene rings is 1. The van der Waals surface area contributed by atoms with Gasteiger partial charge in [-0.3, -0.25) is 0 Å². The van der Waals surface area contributed by atoms with Gasteiger partial charge in [0.25, 0.3) is 0 Å². The average molecular weight is 276 g/mol. The predicted octanol–water partition coefficient (Wildman–Crippen LogP) is 2.17. The number of urea groups is 1. The molecule has 1 fully saturated rings. The standard InChI is InChI=1S/C16H24N2O2/c1-12-3-5-14(6-4-12)13(2)9-17-15(20)18-10-16(11-19)7-8-16/h3-6,13,19H,7-11H2,1-2H3,(H2,17,18,20). The molecule has 3 N–H and O–H groups in total. The average Bonchev–Trinajstić information content (AvgIpc) is 3.24. The second-order valence-electron chi connectivity index (χ2n) is 6.03. The van der Waals surface area contributed by atoms with Gasteiger partial charge in [0.1, 0.15) is 0 Å². The fraction of sp³-hybridized carbons (Fsp3) is 0.562. The smallest absolute Gasteiger partial charge is 0.314 e. The van der Waals surface area contributed by atoms with Gasteiger partial charge in [0.05, 0.1) is 6.61 Å². The minimum Gasteiger partial charge on any atom is -0.396 e.